The number of hydrogen-bond donors (Lipinski definition) is 0. The molecule has 0 saturated carbocycles. The van der Waals surface area contributed by atoms with Crippen LogP contribution in [-0.2, 0) is 16.6 Å². The van der Waals surface area contributed by atoms with E-state index in [4.69, 9.17) is 4.74 Å². The number of anilines is 2. The first-order chi connectivity index (χ1) is 16.0. The third-order valence-corrected chi connectivity index (χ3v) is 5.71. The molecule has 0 atom stereocenters. The Morgan fingerprint density at radius 1 is 1.18 bits per heavy atom. The monoisotopic (exact) mass is 452 g/mol. The Balaban J connectivity index is 1.99. The highest BCUT2D eigenvalue weighted by Gasteiger charge is 2.27. The quantitative estimate of drug-likeness (QED) is 0.421. The van der Waals surface area contributed by atoms with Gasteiger partial charge in [-0.25, -0.2) is 9.18 Å². The van der Waals surface area contributed by atoms with Crippen molar-refractivity contribution in [1.82, 2.24) is 9.55 Å². The Morgan fingerprint density at radius 3 is 2.62 bits per heavy atom. The Morgan fingerprint density at radius 2 is 1.91 bits per heavy atom. The maximum Gasteiger partial charge on any atom is 0.348 e. The van der Waals surface area contributed by atoms with Gasteiger partial charge in [0.1, 0.15) is 34.8 Å². The second-order valence-corrected chi connectivity index (χ2v) is 9.85. The van der Waals surface area contributed by atoms with E-state index in [0.29, 0.717) is 25.3 Å². The molecule has 0 amide bonds. The fourth-order valence-corrected chi connectivity index (χ4v) is 4.08. The van der Waals surface area contributed by atoms with E-state index in [-0.39, 0.29) is 11.2 Å². The summed E-state index contributed by atoms with van der Waals surface area (Å²) in [4.78, 5) is 19.4. The normalized spacial score (nSPS) is 14.0. The number of nitriles is 1. The van der Waals surface area contributed by atoms with Gasteiger partial charge in [0.05, 0.1) is 30.2 Å². The first kappa shape index (κ1) is 23.7. The van der Waals surface area contributed by atoms with Gasteiger partial charge < -0.3 is 14.2 Å². The summed E-state index contributed by atoms with van der Waals surface area (Å²) in [6, 6.07) is 12.5. The SMILES string of the molecule is BC(B)(B)n1c(=O)nc(N2CCOCc3c(C#CC(C)(C)C#N)cccc32)c2c(F)cccc21. The zero-order chi connectivity index (χ0) is 24.7. The predicted molar refractivity (Wildman–Crippen MR) is 139 cm³/mol. The molecule has 6 nitrogen and oxygen atoms in total. The third kappa shape index (κ3) is 4.34. The first-order valence-electron chi connectivity index (χ1n) is 11.2. The Labute approximate surface area is 201 Å². The number of fused-ring (bicyclic) bond motifs is 2. The summed E-state index contributed by atoms with van der Waals surface area (Å²) >= 11 is 0. The molecule has 0 N–H and O–H groups in total. The van der Waals surface area contributed by atoms with Gasteiger partial charge in [0.2, 0.25) is 0 Å². The number of benzene rings is 2. The van der Waals surface area contributed by atoms with Crippen LogP contribution in [0.2, 0.25) is 0 Å². The first-order valence-corrected chi connectivity index (χ1v) is 11.2. The highest BCUT2D eigenvalue weighted by atomic mass is 19.1. The van der Waals surface area contributed by atoms with Crippen LogP contribution in [0.25, 0.3) is 10.9 Å². The highest BCUT2D eigenvalue weighted by Crippen LogP contribution is 2.36. The summed E-state index contributed by atoms with van der Waals surface area (Å²) in [5, 5.41) is 9.02. The van der Waals surface area contributed by atoms with Gasteiger partial charge in [-0.1, -0.05) is 24.0 Å². The molecule has 0 aliphatic carbocycles. The van der Waals surface area contributed by atoms with E-state index >= 15 is 4.39 Å². The van der Waals surface area contributed by atoms with Crippen molar-refractivity contribution in [2.75, 3.05) is 18.1 Å². The lowest BCUT2D eigenvalue weighted by Gasteiger charge is -2.29. The summed E-state index contributed by atoms with van der Waals surface area (Å²) < 4.78 is 22.6. The van der Waals surface area contributed by atoms with Crippen LogP contribution >= 0.6 is 0 Å². The lowest BCUT2D eigenvalue weighted by molar-refractivity contribution is 0.133. The topological polar surface area (TPSA) is 71.2 Å². The smallest absolute Gasteiger partial charge is 0.348 e. The van der Waals surface area contributed by atoms with Gasteiger partial charge in [-0.05, 0) is 43.3 Å². The van der Waals surface area contributed by atoms with E-state index in [2.05, 4.69) is 22.9 Å². The van der Waals surface area contributed by atoms with Crippen molar-refractivity contribution in [3.05, 3.63) is 63.8 Å². The molecule has 4 rings (SSSR count). The van der Waals surface area contributed by atoms with Crippen LogP contribution in [0.1, 0.15) is 25.0 Å². The summed E-state index contributed by atoms with van der Waals surface area (Å²) in [5.74, 6) is 5.93. The molecule has 2 aromatic carbocycles. The number of halogens is 1. The molecule has 0 fully saturated rings. The van der Waals surface area contributed by atoms with E-state index in [1.165, 1.54) is 10.6 Å². The van der Waals surface area contributed by atoms with Crippen LogP contribution in [0.3, 0.4) is 0 Å². The maximum atomic E-state index is 15.3. The van der Waals surface area contributed by atoms with Crippen LogP contribution in [0.4, 0.5) is 15.9 Å². The van der Waals surface area contributed by atoms with Crippen LogP contribution < -0.4 is 10.6 Å². The molecule has 10 heteroatoms. The summed E-state index contributed by atoms with van der Waals surface area (Å²) in [5.41, 5.74) is 1.53. The van der Waals surface area contributed by atoms with Crippen LogP contribution in [0.15, 0.2) is 41.2 Å². The Bertz CT molecular complexity index is 1450. The molecule has 0 radical (unpaired) electrons. The molecule has 1 aliphatic heterocycles. The van der Waals surface area contributed by atoms with Gasteiger partial charge >= 0.3 is 5.69 Å². The molecule has 1 aromatic heterocycles. The lowest BCUT2D eigenvalue weighted by Crippen LogP contribution is -2.44. The van der Waals surface area contributed by atoms with Crippen molar-refractivity contribution in [2.45, 2.75) is 25.7 Å². The second-order valence-electron chi connectivity index (χ2n) is 9.85. The van der Waals surface area contributed by atoms with Crippen molar-refractivity contribution < 1.29 is 9.13 Å². The number of aromatic nitrogens is 2. The molecule has 3 aromatic rings. The minimum Gasteiger partial charge on any atom is -0.375 e. The molecule has 1 aliphatic rings. The molecule has 0 spiro atoms. The van der Waals surface area contributed by atoms with E-state index in [0.717, 1.165) is 16.8 Å². The fourth-order valence-electron chi connectivity index (χ4n) is 4.08. The van der Waals surface area contributed by atoms with E-state index < -0.39 is 22.2 Å². The second kappa shape index (κ2) is 8.70. The standard InChI is InChI=1S/C24H24B3FN4O2/c1-23(2,14-29)10-9-15-5-3-7-18-16(15)13-34-12-11-31(18)21-20-17(28)6-4-8-19(20)32(22(33)30-21)24(25,26)27/h3-8H,11-13,25-27H2,1-2H3. The van der Waals surface area contributed by atoms with Crippen molar-refractivity contribution in [3.63, 3.8) is 0 Å². The fraction of sp³-hybridized carbons (Fsp3) is 0.292. The average Bonchev–Trinajstić information content (AvgIpc) is 2.99. The number of rotatable bonds is 2. The van der Waals surface area contributed by atoms with E-state index in [1.54, 1.807) is 26.0 Å². The van der Waals surface area contributed by atoms with E-state index in [1.807, 2.05) is 46.6 Å². The minimum atomic E-state index is -0.799. The van der Waals surface area contributed by atoms with Crippen LogP contribution in [0, 0.1) is 34.4 Å². The molecule has 2 heterocycles. The van der Waals surface area contributed by atoms with Gasteiger partial charge in [0.25, 0.3) is 0 Å². The summed E-state index contributed by atoms with van der Waals surface area (Å²) in [6.45, 7) is 4.58. The Hall–Kier alpha value is -3.49. The van der Waals surface area contributed by atoms with Gasteiger partial charge in [0.15, 0.2) is 5.82 Å². The number of ether oxygens (including phenoxy) is 1. The zero-order valence-electron chi connectivity index (χ0n) is 20.1. The number of nitrogens with zero attached hydrogens (tertiary/aromatic N) is 4. The van der Waals surface area contributed by atoms with Crippen LogP contribution in [-0.4, -0.2) is 46.2 Å². The highest BCUT2D eigenvalue weighted by molar-refractivity contribution is 6.56. The van der Waals surface area contributed by atoms with E-state index in [9.17, 15) is 10.1 Å². The van der Waals surface area contributed by atoms with Crippen molar-refractivity contribution in [3.8, 4) is 17.9 Å². The molecular formula is C24H24B3FN4O2. The molecule has 0 unspecified atom stereocenters. The summed E-state index contributed by atoms with van der Waals surface area (Å²) in [6.07, 6.45) is 0. The van der Waals surface area contributed by atoms with Crippen molar-refractivity contribution in [2.24, 2.45) is 5.41 Å². The van der Waals surface area contributed by atoms with Gasteiger partial charge in [-0.2, -0.15) is 10.2 Å². The predicted octanol–water partition coefficient (Wildman–Crippen LogP) is 0.572. The third-order valence-electron chi connectivity index (χ3n) is 5.71. The lowest BCUT2D eigenvalue weighted by atomic mass is 9.49. The molecule has 0 bridgehead atoms. The zero-order valence-corrected chi connectivity index (χ0v) is 20.1. The van der Waals surface area contributed by atoms with Gasteiger partial charge in [0, 0.05) is 23.4 Å². The molecule has 0 saturated heterocycles. The minimum absolute atomic E-state index is 0.257. The molecular weight excluding hydrogens is 428 g/mol. The Kier molecular flexibility index (Phi) is 6.06. The van der Waals surface area contributed by atoms with Crippen molar-refractivity contribution in [1.29, 1.82) is 5.26 Å². The molecule has 34 heavy (non-hydrogen) atoms. The van der Waals surface area contributed by atoms with Crippen LogP contribution in [0.5, 0.6) is 0 Å². The number of hydrogen-bond acceptors (Lipinski definition) is 5. The van der Waals surface area contributed by atoms with Crippen molar-refractivity contribution >= 4 is 45.9 Å². The maximum absolute atomic E-state index is 15.3. The largest absolute Gasteiger partial charge is 0.375 e. The summed E-state index contributed by atoms with van der Waals surface area (Å²) in [7, 11) is 5.68. The average molecular weight is 452 g/mol. The molecule has 168 valence electrons. The van der Waals surface area contributed by atoms with Gasteiger partial charge in [-0.3, -0.25) is 0 Å². The van der Waals surface area contributed by atoms with Gasteiger partial charge in [-0.15, -0.1) is 0 Å².